The normalized spacial score (nSPS) is 17.6. The maximum Gasteiger partial charge on any atom is 0.249 e. The van der Waals surface area contributed by atoms with Crippen molar-refractivity contribution in [3.63, 3.8) is 0 Å². The van der Waals surface area contributed by atoms with Crippen molar-refractivity contribution in [3.05, 3.63) is 36.2 Å². The monoisotopic (exact) mass is 328 g/mol. The number of carbonyl (C=O) groups is 1. The van der Waals surface area contributed by atoms with Crippen molar-refractivity contribution in [1.82, 2.24) is 9.78 Å². The summed E-state index contributed by atoms with van der Waals surface area (Å²) in [5, 5.41) is 7.54. The number of rotatable bonds is 5. The summed E-state index contributed by atoms with van der Waals surface area (Å²) in [6, 6.07) is 5.68. The quantitative estimate of drug-likeness (QED) is 0.917. The Morgan fingerprint density at radius 2 is 2.17 bits per heavy atom. The third-order valence-electron chi connectivity index (χ3n) is 4.12. The van der Waals surface area contributed by atoms with E-state index < -0.39 is 0 Å². The molecule has 0 bridgehead atoms. The van der Waals surface area contributed by atoms with Gasteiger partial charge in [0.25, 0.3) is 0 Å². The highest BCUT2D eigenvalue weighted by Gasteiger charge is 2.33. The molecule has 128 valence electrons. The Bertz CT molecular complexity index is 738. The van der Waals surface area contributed by atoms with Gasteiger partial charge in [0, 0.05) is 19.8 Å². The zero-order valence-electron chi connectivity index (χ0n) is 14.6. The molecule has 0 radical (unpaired) electrons. The molecule has 0 saturated carbocycles. The average Bonchev–Trinajstić information content (AvgIpc) is 3.09. The Balaban J connectivity index is 1.79. The molecular formula is C18H24N4O2. The van der Waals surface area contributed by atoms with E-state index in [-0.39, 0.29) is 18.1 Å². The van der Waals surface area contributed by atoms with E-state index in [0.29, 0.717) is 6.54 Å². The lowest BCUT2D eigenvalue weighted by Gasteiger charge is -2.21. The van der Waals surface area contributed by atoms with Crippen LogP contribution < -0.4 is 15.0 Å². The third-order valence-corrected chi connectivity index (χ3v) is 4.12. The summed E-state index contributed by atoms with van der Waals surface area (Å²) in [4.78, 5) is 14.5. The van der Waals surface area contributed by atoms with Gasteiger partial charge in [-0.15, -0.1) is 0 Å². The first-order valence-electron chi connectivity index (χ1n) is 8.28. The summed E-state index contributed by atoms with van der Waals surface area (Å²) in [7, 11) is 1.85. The minimum atomic E-state index is -0.249. The smallest absolute Gasteiger partial charge is 0.249 e. The molecule has 1 saturated heterocycles. The number of ether oxygens (including phenoxy) is 1. The highest BCUT2D eigenvalue weighted by molar-refractivity contribution is 6.01. The van der Waals surface area contributed by atoms with E-state index in [1.165, 1.54) is 0 Å². The molecule has 1 atom stereocenters. The second-order valence-corrected chi connectivity index (χ2v) is 6.46. The van der Waals surface area contributed by atoms with Gasteiger partial charge in [-0.1, -0.05) is 12.1 Å². The largest absolute Gasteiger partial charge is 0.489 e. The Morgan fingerprint density at radius 3 is 2.83 bits per heavy atom. The molecule has 1 aromatic carbocycles. The van der Waals surface area contributed by atoms with Gasteiger partial charge in [-0.25, -0.2) is 0 Å². The van der Waals surface area contributed by atoms with Crippen LogP contribution in [-0.4, -0.2) is 34.4 Å². The first kappa shape index (κ1) is 16.4. The van der Waals surface area contributed by atoms with Crippen LogP contribution in [-0.2, 0) is 11.8 Å². The van der Waals surface area contributed by atoms with Crippen molar-refractivity contribution in [1.29, 1.82) is 0 Å². The minimum absolute atomic E-state index is 0.0711. The van der Waals surface area contributed by atoms with Gasteiger partial charge in [-0.3, -0.25) is 9.48 Å². The van der Waals surface area contributed by atoms with Crippen LogP contribution in [0.1, 0.15) is 25.8 Å². The fraction of sp³-hybridized carbons (Fsp3) is 0.444. The number of nitrogens with one attached hydrogen (secondary N) is 1. The lowest BCUT2D eigenvalue weighted by atomic mass is 10.1. The molecule has 1 aliphatic rings. The zero-order valence-corrected chi connectivity index (χ0v) is 14.6. The Kier molecular flexibility index (Phi) is 4.46. The maximum absolute atomic E-state index is 12.7. The SMILES string of the molecule is Cc1cccc(OC(C)C)c1NC1CCN(c2cnn(C)c2)C1=O. The van der Waals surface area contributed by atoms with Crippen LogP contribution in [0.25, 0.3) is 0 Å². The molecule has 0 aliphatic carbocycles. The number of benzene rings is 1. The van der Waals surface area contributed by atoms with E-state index in [2.05, 4.69) is 10.4 Å². The average molecular weight is 328 g/mol. The van der Waals surface area contributed by atoms with Crippen LogP contribution in [0.2, 0.25) is 0 Å². The summed E-state index contributed by atoms with van der Waals surface area (Å²) in [6.45, 7) is 6.70. The molecule has 1 aliphatic heterocycles. The van der Waals surface area contributed by atoms with Gasteiger partial charge in [0.2, 0.25) is 5.91 Å². The van der Waals surface area contributed by atoms with Gasteiger partial charge in [0.15, 0.2) is 0 Å². The van der Waals surface area contributed by atoms with Crippen LogP contribution in [0.4, 0.5) is 11.4 Å². The van der Waals surface area contributed by atoms with Gasteiger partial charge in [0.1, 0.15) is 11.8 Å². The van der Waals surface area contributed by atoms with E-state index in [9.17, 15) is 4.79 Å². The predicted molar refractivity (Wildman–Crippen MR) is 94.5 cm³/mol. The predicted octanol–water partition coefficient (Wildman–Crippen LogP) is 2.73. The molecular weight excluding hydrogens is 304 g/mol. The van der Waals surface area contributed by atoms with Crippen molar-refractivity contribution < 1.29 is 9.53 Å². The van der Waals surface area contributed by atoms with Gasteiger partial charge < -0.3 is 15.0 Å². The van der Waals surface area contributed by atoms with E-state index in [1.54, 1.807) is 15.8 Å². The number of hydrogen-bond acceptors (Lipinski definition) is 4. The second-order valence-electron chi connectivity index (χ2n) is 6.46. The van der Waals surface area contributed by atoms with Gasteiger partial charge in [-0.05, 0) is 38.8 Å². The van der Waals surface area contributed by atoms with Crippen molar-refractivity contribution in [2.45, 2.75) is 39.3 Å². The molecule has 2 heterocycles. The van der Waals surface area contributed by atoms with Crippen molar-refractivity contribution in [2.75, 3.05) is 16.8 Å². The van der Waals surface area contributed by atoms with E-state index in [0.717, 1.165) is 29.1 Å². The highest BCUT2D eigenvalue weighted by Crippen LogP contribution is 2.32. The highest BCUT2D eigenvalue weighted by atomic mass is 16.5. The molecule has 6 heteroatoms. The van der Waals surface area contributed by atoms with Crippen LogP contribution in [0.5, 0.6) is 5.75 Å². The van der Waals surface area contributed by atoms with Crippen molar-refractivity contribution >= 4 is 17.3 Å². The topological polar surface area (TPSA) is 59.4 Å². The number of hydrogen-bond donors (Lipinski definition) is 1. The lowest BCUT2D eigenvalue weighted by molar-refractivity contribution is -0.117. The summed E-state index contributed by atoms with van der Waals surface area (Å²) in [5.41, 5.74) is 2.81. The molecule has 6 nitrogen and oxygen atoms in total. The molecule has 0 spiro atoms. The minimum Gasteiger partial charge on any atom is -0.489 e. The number of carbonyl (C=O) groups excluding carboxylic acids is 1. The fourth-order valence-electron chi connectivity index (χ4n) is 2.97. The summed E-state index contributed by atoms with van der Waals surface area (Å²) < 4.78 is 7.59. The lowest BCUT2D eigenvalue weighted by Crippen LogP contribution is -2.33. The number of anilines is 2. The van der Waals surface area contributed by atoms with E-state index in [1.807, 2.05) is 52.2 Å². The Morgan fingerprint density at radius 1 is 1.38 bits per heavy atom. The molecule has 1 unspecified atom stereocenters. The van der Waals surface area contributed by atoms with Crippen molar-refractivity contribution in [2.24, 2.45) is 7.05 Å². The van der Waals surface area contributed by atoms with E-state index in [4.69, 9.17) is 4.74 Å². The van der Waals surface area contributed by atoms with Gasteiger partial charge in [-0.2, -0.15) is 5.10 Å². The van der Waals surface area contributed by atoms with Gasteiger partial charge >= 0.3 is 0 Å². The van der Waals surface area contributed by atoms with Crippen LogP contribution in [0, 0.1) is 6.92 Å². The first-order chi connectivity index (χ1) is 11.5. The van der Waals surface area contributed by atoms with Crippen molar-refractivity contribution in [3.8, 4) is 5.75 Å². The Hall–Kier alpha value is -2.50. The summed E-state index contributed by atoms with van der Waals surface area (Å²) >= 11 is 0. The van der Waals surface area contributed by atoms with Crippen LogP contribution in [0.3, 0.4) is 0 Å². The molecule has 1 amide bonds. The number of nitrogens with zero attached hydrogens (tertiary/aromatic N) is 3. The van der Waals surface area contributed by atoms with Crippen LogP contribution in [0.15, 0.2) is 30.6 Å². The first-order valence-corrected chi connectivity index (χ1v) is 8.28. The molecule has 1 aromatic heterocycles. The molecule has 24 heavy (non-hydrogen) atoms. The summed E-state index contributed by atoms with van der Waals surface area (Å²) in [5.74, 6) is 0.861. The standard InChI is InChI=1S/C18H24N4O2/c1-12(2)24-16-7-5-6-13(3)17(16)20-15-8-9-22(18(15)23)14-10-19-21(4)11-14/h5-7,10-12,15,20H,8-9H2,1-4H3. The third kappa shape index (κ3) is 3.22. The second kappa shape index (κ2) is 6.55. The maximum atomic E-state index is 12.7. The van der Waals surface area contributed by atoms with Crippen LogP contribution >= 0.6 is 0 Å². The Labute approximate surface area is 142 Å². The number of para-hydroxylation sites is 1. The number of aryl methyl sites for hydroxylation is 2. The zero-order chi connectivity index (χ0) is 17.3. The number of aromatic nitrogens is 2. The molecule has 1 N–H and O–H groups in total. The molecule has 1 fully saturated rings. The number of amides is 1. The molecule has 2 aromatic rings. The fourth-order valence-corrected chi connectivity index (χ4v) is 2.97. The molecule has 3 rings (SSSR count). The van der Waals surface area contributed by atoms with E-state index >= 15 is 0 Å². The van der Waals surface area contributed by atoms with Gasteiger partial charge in [0.05, 0.1) is 23.7 Å². The summed E-state index contributed by atoms with van der Waals surface area (Å²) in [6.07, 6.45) is 4.42.